The van der Waals surface area contributed by atoms with E-state index in [9.17, 15) is 0 Å². The molecule has 0 amide bonds. The van der Waals surface area contributed by atoms with Crippen molar-refractivity contribution in [1.82, 2.24) is 0 Å². The molecule has 1 aliphatic carbocycles. The summed E-state index contributed by atoms with van der Waals surface area (Å²) in [6, 6.07) is 0. The minimum atomic E-state index is 0.750. The van der Waals surface area contributed by atoms with E-state index in [0.717, 1.165) is 18.1 Å². The van der Waals surface area contributed by atoms with Crippen molar-refractivity contribution in [1.29, 1.82) is 10.8 Å². The molecule has 14 heavy (non-hydrogen) atoms. The monoisotopic (exact) mass is 196 g/mol. The van der Waals surface area contributed by atoms with Gasteiger partial charge in [0.05, 0.1) is 0 Å². The van der Waals surface area contributed by atoms with Crippen molar-refractivity contribution >= 4 is 12.2 Å². The van der Waals surface area contributed by atoms with Crippen LogP contribution in [0.2, 0.25) is 0 Å². The first-order valence-electron chi connectivity index (χ1n) is 4.47. The van der Waals surface area contributed by atoms with Crippen LogP contribution in [0.3, 0.4) is 0 Å². The van der Waals surface area contributed by atoms with E-state index in [1.165, 1.54) is 32.1 Å². The fourth-order valence-corrected chi connectivity index (χ4v) is 1.37. The van der Waals surface area contributed by atoms with Crippen LogP contribution in [0.15, 0.2) is 12.7 Å². The molecule has 1 rings (SSSR count). The highest BCUT2D eigenvalue weighted by Crippen LogP contribution is 2.23. The Morgan fingerprint density at radius 1 is 1.07 bits per heavy atom. The van der Waals surface area contributed by atoms with Gasteiger partial charge in [-0.05, 0) is 18.8 Å². The molecule has 0 heterocycles. The van der Waals surface area contributed by atoms with E-state index in [1.54, 1.807) is 0 Å². The molecule has 1 aliphatic rings. The summed E-state index contributed by atoms with van der Waals surface area (Å²) in [6.45, 7) is 3.78. The van der Waals surface area contributed by atoms with Gasteiger partial charge in [-0.2, -0.15) is 0 Å². The number of carbonyl (C=O) groups excluding carboxylic acids is 2. The molecule has 0 aliphatic heterocycles. The quantitative estimate of drug-likeness (QED) is 0.384. The molecule has 0 saturated heterocycles. The summed E-state index contributed by atoms with van der Waals surface area (Å²) in [5, 5.41) is 10.8. The molecule has 2 N–H and O–H groups in total. The van der Waals surface area contributed by atoms with Crippen LogP contribution >= 0.6 is 0 Å². The molecule has 78 valence electrons. The van der Waals surface area contributed by atoms with Gasteiger partial charge in [0.2, 0.25) is 12.2 Å². The Morgan fingerprint density at radius 2 is 1.43 bits per heavy atom. The van der Waals surface area contributed by atoms with E-state index in [2.05, 4.69) is 12.7 Å². The zero-order valence-corrected chi connectivity index (χ0v) is 8.21. The maximum absolute atomic E-state index is 8.35. The SMILES string of the molecule is C=CC1CCCCC1.N=C=O.N=C=O. The van der Waals surface area contributed by atoms with Crippen molar-refractivity contribution in [2.75, 3.05) is 0 Å². The number of hydrogen-bond donors (Lipinski definition) is 2. The van der Waals surface area contributed by atoms with Crippen molar-refractivity contribution in [3.63, 3.8) is 0 Å². The van der Waals surface area contributed by atoms with Crippen molar-refractivity contribution < 1.29 is 9.59 Å². The highest BCUT2D eigenvalue weighted by atomic mass is 16.1. The maximum Gasteiger partial charge on any atom is 0.231 e. The van der Waals surface area contributed by atoms with Crippen molar-refractivity contribution in [3.05, 3.63) is 12.7 Å². The summed E-state index contributed by atoms with van der Waals surface area (Å²) in [7, 11) is 0. The van der Waals surface area contributed by atoms with Gasteiger partial charge >= 0.3 is 0 Å². The molecule has 0 atom stereocenters. The summed E-state index contributed by atoms with van der Waals surface area (Å²) in [5.41, 5.74) is 0. The average molecular weight is 196 g/mol. The molecule has 0 aromatic heterocycles. The van der Waals surface area contributed by atoms with E-state index >= 15 is 0 Å². The average Bonchev–Trinajstić information content (AvgIpc) is 2.21. The summed E-state index contributed by atoms with van der Waals surface area (Å²) in [4.78, 5) is 16.7. The van der Waals surface area contributed by atoms with Crippen molar-refractivity contribution in [2.45, 2.75) is 32.1 Å². The lowest BCUT2D eigenvalue weighted by Gasteiger charge is -2.16. The number of rotatable bonds is 1. The van der Waals surface area contributed by atoms with Gasteiger partial charge in [-0.1, -0.05) is 25.3 Å². The fourth-order valence-electron chi connectivity index (χ4n) is 1.37. The highest BCUT2D eigenvalue weighted by molar-refractivity contribution is 5.26. The molecule has 0 spiro atoms. The second kappa shape index (κ2) is 14.0. The summed E-state index contributed by atoms with van der Waals surface area (Å²) in [6.07, 6.45) is 10.7. The molecule has 1 saturated carbocycles. The normalized spacial score (nSPS) is 14.3. The summed E-state index contributed by atoms with van der Waals surface area (Å²) >= 11 is 0. The van der Waals surface area contributed by atoms with Gasteiger partial charge < -0.3 is 0 Å². The van der Waals surface area contributed by atoms with E-state index in [4.69, 9.17) is 20.4 Å². The lowest BCUT2D eigenvalue weighted by atomic mass is 9.90. The van der Waals surface area contributed by atoms with E-state index in [-0.39, 0.29) is 0 Å². The molecule has 0 aromatic carbocycles. The predicted octanol–water partition coefficient (Wildman–Crippen LogP) is 2.55. The van der Waals surface area contributed by atoms with Crippen molar-refractivity contribution in [2.24, 2.45) is 5.92 Å². The largest absolute Gasteiger partial charge is 0.231 e. The second-order valence-corrected chi connectivity index (χ2v) is 2.84. The van der Waals surface area contributed by atoms with Crippen LogP contribution in [0, 0.1) is 16.7 Å². The highest BCUT2D eigenvalue weighted by Gasteiger charge is 2.07. The molecule has 1 fully saturated rings. The van der Waals surface area contributed by atoms with Gasteiger partial charge in [0.1, 0.15) is 0 Å². The Labute approximate surface area is 84.0 Å². The Kier molecular flexibility index (Phi) is 15.0. The maximum atomic E-state index is 8.35. The number of isocyanates is 2. The molecule has 0 aromatic rings. The van der Waals surface area contributed by atoms with Crippen LogP contribution in [-0.2, 0) is 9.59 Å². The Hall–Kier alpha value is -1.50. The van der Waals surface area contributed by atoms with Crippen LogP contribution < -0.4 is 0 Å². The van der Waals surface area contributed by atoms with Gasteiger partial charge in [-0.25, -0.2) is 20.4 Å². The standard InChI is InChI=1S/C8H14.2CHNO/c1-2-8-6-4-3-5-7-8;2*2-1-3/h2,8H,1,3-7H2;2*2H. The zero-order chi connectivity index (χ0) is 11.2. The third-order valence-corrected chi connectivity index (χ3v) is 1.98. The molecular formula is C10H16N2O2. The Bertz CT molecular complexity index is 184. The third-order valence-electron chi connectivity index (χ3n) is 1.98. The van der Waals surface area contributed by atoms with Crippen LogP contribution in [0.1, 0.15) is 32.1 Å². The van der Waals surface area contributed by atoms with Crippen molar-refractivity contribution in [3.8, 4) is 0 Å². The molecule has 0 radical (unpaired) electrons. The van der Waals surface area contributed by atoms with Gasteiger partial charge in [-0.3, -0.25) is 0 Å². The topological polar surface area (TPSA) is 81.8 Å². The molecule has 0 bridgehead atoms. The van der Waals surface area contributed by atoms with E-state index in [1.807, 2.05) is 0 Å². The van der Waals surface area contributed by atoms with Gasteiger partial charge in [0, 0.05) is 0 Å². The van der Waals surface area contributed by atoms with Crippen LogP contribution in [0.25, 0.3) is 0 Å². The van der Waals surface area contributed by atoms with E-state index in [0.29, 0.717) is 0 Å². The molecule has 4 nitrogen and oxygen atoms in total. The first-order chi connectivity index (χ1) is 6.76. The molecular weight excluding hydrogens is 180 g/mol. The number of nitrogens with one attached hydrogen (secondary N) is 2. The lowest BCUT2D eigenvalue weighted by molar-refractivity contribution is 0.420. The van der Waals surface area contributed by atoms with Crippen LogP contribution in [0.4, 0.5) is 0 Å². The first kappa shape index (κ1) is 15.0. The summed E-state index contributed by atoms with van der Waals surface area (Å²) in [5.74, 6) is 0.851. The van der Waals surface area contributed by atoms with E-state index < -0.39 is 0 Å². The molecule has 0 unspecified atom stereocenters. The minimum Gasteiger partial charge on any atom is -0.222 e. The Balaban J connectivity index is 0. The van der Waals surface area contributed by atoms with Gasteiger partial charge in [0.25, 0.3) is 0 Å². The van der Waals surface area contributed by atoms with Crippen LogP contribution in [0.5, 0.6) is 0 Å². The third kappa shape index (κ3) is 13.1. The molecule has 4 heteroatoms. The minimum absolute atomic E-state index is 0.750. The number of allylic oxidation sites excluding steroid dienone is 1. The smallest absolute Gasteiger partial charge is 0.222 e. The van der Waals surface area contributed by atoms with Gasteiger partial charge in [-0.15, -0.1) is 6.58 Å². The number of hydrogen-bond acceptors (Lipinski definition) is 4. The Morgan fingerprint density at radius 3 is 1.64 bits per heavy atom. The fraction of sp³-hybridized carbons (Fsp3) is 0.600. The first-order valence-corrected chi connectivity index (χ1v) is 4.47. The predicted molar refractivity (Wildman–Crippen MR) is 53.6 cm³/mol. The lowest BCUT2D eigenvalue weighted by Crippen LogP contribution is -2.01. The second-order valence-electron chi connectivity index (χ2n) is 2.84. The van der Waals surface area contributed by atoms with Gasteiger partial charge in [0.15, 0.2) is 0 Å². The summed E-state index contributed by atoms with van der Waals surface area (Å²) < 4.78 is 0. The van der Waals surface area contributed by atoms with Crippen LogP contribution in [-0.4, -0.2) is 12.2 Å². The zero-order valence-electron chi connectivity index (χ0n) is 8.21.